The van der Waals surface area contributed by atoms with Crippen molar-refractivity contribution in [2.45, 2.75) is 26.3 Å². The fraction of sp³-hybridized carbons (Fsp3) is 0.467. The van der Waals surface area contributed by atoms with Crippen molar-refractivity contribution in [3.63, 3.8) is 0 Å². The molecule has 0 unspecified atom stereocenters. The van der Waals surface area contributed by atoms with Gasteiger partial charge in [0.1, 0.15) is 6.07 Å². The number of carbonyl (C=O) groups is 1. The van der Waals surface area contributed by atoms with Gasteiger partial charge in [-0.25, -0.2) is 0 Å². The quantitative estimate of drug-likeness (QED) is 0.720. The molecule has 0 heterocycles. The van der Waals surface area contributed by atoms with Crippen LogP contribution in [0.15, 0.2) is 18.2 Å². The largest absolute Gasteiger partial charge is 0.396 e. The van der Waals surface area contributed by atoms with E-state index in [0.717, 1.165) is 0 Å². The highest BCUT2D eigenvalue weighted by Gasteiger charge is 2.13. The summed E-state index contributed by atoms with van der Waals surface area (Å²) in [7, 11) is 0. The van der Waals surface area contributed by atoms with Crippen LogP contribution in [0.3, 0.4) is 0 Å². The number of nitriles is 1. The average molecular weight is 310 g/mol. The molecule has 0 aliphatic heterocycles. The van der Waals surface area contributed by atoms with Crippen LogP contribution in [0.25, 0.3) is 0 Å². The summed E-state index contributed by atoms with van der Waals surface area (Å²) in [5.74, 6) is 0.133. The van der Waals surface area contributed by atoms with Crippen LogP contribution in [0, 0.1) is 17.2 Å². The summed E-state index contributed by atoms with van der Waals surface area (Å²) in [5.41, 5.74) is 0.921. The van der Waals surface area contributed by atoms with E-state index in [1.165, 1.54) is 0 Å². The molecule has 3 N–H and O–H groups in total. The second-order valence-electron chi connectivity index (χ2n) is 5.10. The zero-order valence-corrected chi connectivity index (χ0v) is 12.9. The third-order valence-corrected chi connectivity index (χ3v) is 3.46. The summed E-state index contributed by atoms with van der Waals surface area (Å²) < 4.78 is 0. The van der Waals surface area contributed by atoms with Crippen molar-refractivity contribution in [2.24, 2.45) is 5.92 Å². The first-order valence-electron chi connectivity index (χ1n) is 6.81. The van der Waals surface area contributed by atoms with Crippen LogP contribution < -0.4 is 10.6 Å². The summed E-state index contributed by atoms with van der Waals surface area (Å²) in [6, 6.07) is 6.80. The van der Waals surface area contributed by atoms with E-state index in [1.54, 1.807) is 18.2 Å². The molecule has 0 radical (unpaired) electrons. The Hall–Kier alpha value is -1.61. The molecule has 0 fully saturated rings. The molecule has 0 aliphatic rings. The molecule has 0 aromatic heterocycles. The highest BCUT2D eigenvalue weighted by Crippen LogP contribution is 2.20. The van der Waals surface area contributed by atoms with Crippen LogP contribution >= 0.6 is 11.6 Å². The van der Waals surface area contributed by atoms with Crippen molar-refractivity contribution in [1.82, 2.24) is 5.32 Å². The first kappa shape index (κ1) is 17.4. The van der Waals surface area contributed by atoms with Crippen molar-refractivity contribution < 1.29 is 9.90 Å². The monoisotopic (exact) mass is 309 g/mol. The van der Waals surface area contributed by atoms with Gasteiger partial charge in [-0.15, -0.1) is 0 Å². The lowest BCUT2D eigenvalue weighted by atomic mass is 10.0. The molecule has 114 valence electrons. The number of nitrogens with zero attached hydrogens (tertiary/aromatic N) is 1. The minimum absolute atomic E-state index is 0.0860. The van der Waals surface area contributed by atoms with Crippen LogP contribution in [0.2, 0.25) is 5.02 Å². The Labute approximate surface area is 129 Å². The van der Waals surface area contributed by atoms with Gasteiger partial charge in [0.05, 0.1) is 17.1 Å². The minimum Gasteiger partial charge on any atom is -0.396 e. The number of amides is 1. The highest BCUT2D eigenvalue weighted by molar-refractivity contribution is 6.32. The average Bonchev–Trinajstić information content (AvgIpc) is 2.43. The fourth-order valence-electron chi connectivity index (χ4n) is 1.92. The Morgan fingerprint density at radius 3 is 2.71 bits per heavy atom. The molecule has 21 heavy (non-hydrogen) atoms. The summed E-state index contributed by atoms with van der Waals surface area (Å²) in [6.45, 7) is 4.31. The Kier molecular flexibility index (Phi) is 7.17. The van der Waals surface area contributed by atoms with Gasteiger partial charge >= 0.3 is 0 Å². The van der Waals surface area contributed by atoms with Gasteiger partial charge in [0, 0.05) is 18.3 Å². The molecule has 1 atom stereocenters. The van der Waals surface area contributed by atoms with Crippen molar-refractivity contribution in [2.75, 3.05) is 18.5 Å². The molecule has 1 aromatic rings. The Morgan fingerprint density at radius 2 is 2.19 bits per heavy atom. The topological polar surface area (TPSA) is 85.2 Å². The van der Waals surface area contributed by atoms with Gasteiger partial charge in [0.25, 0.3) is 0 Å². The van der Waals surface area contributed by atoms with Gasteiger partial charge in [-0.3, -0.25) is 4.79 Å². The zero-order valence-electron chi connectivity index (χ0n) is 12.2. The maximum absolute atomic E-state index is 11.9. The number of hydrogen-bond acceptors (Lipinski definition) is 4. The number of rotatable bonds is 7. The van der Waals surface area contributed by atoms with Gasteiger partial charge in [0.2, 0.25) is 5.91 Å². The molecular weight excluding hydrogens is 290 g/mol. The minimum atomic E-state index is -0.195. The van der Waals surface area contributed by atoms with Gasteiger partial charge in [-0.05, 0) is 30.5 Å². The first-order chi connectivity index (χ1) is 9.97. The standard InChI is InChI=1S/C15H20ClN3O2/c1-10(2)14(5-6-20)18-9-15(21)19-12-4-3-11(8-17)13(16)7-12/h3-4,7,10,14,18,20H,5-6,9H2,1-2H3,(H,19,21)/t14-/m1/s1. The molecule has 0 saturated heterocycles. The Bertz CT molecular complexity index is 526. The number of carbonyl (C=O) groups excluding carboxylic acids is 1. The summed E-state index contributed by atoms with van der Waals surface area (Å²) in [5, 5.41) is 23.9. The molecule has 1 aromatic carbocycles. The summed E-state index contributed by atoms with van der Waals surface area (Å²) in [4.78, 5) is 11.9. The molecule has 5 nitrogen and oxygen atoms in total. The van der Waals surface area contributed by atoms with Crippen LogP contribution in [-0.4, -0.2) is 30.2 Å². The van der Waals surface area contributed by atoms with Crippen LogP contribution in [0.1, 0.15) is 25.8 Å². The van der Waals surface area contributed by atoms with E-state index in [9.17, 15) is 4.79 Å². The number of aliphatic hydroxyl groups is 1. The summed E-state index contributed by atoms with van der Waals surface area (Å²) in [6.07, 6.45) is 0.605. The first-order valence-corrected chi connectivity index (χ1v) is 7.19. The van der Waals surface area contributed by atoms with E-state index < -0.39 is 0 Å². The molecule has 0 bridgehead atoms. The number of halogens is 1. The van der Waals surface area contributed by atoms with E-state index in [0.29, 0.717) is 28.6 Å². The number of anilines is 1. The SMILES string of the molecule is CC(C)[C@@H](CCO)NCC(=O)Nc1ccc(C#N)c(Cl)c1. The van der Waals surface area contributed by atoms with Crippen molar-refractivity contribution in [3.05, 3.63) is 28.8 Å². The van der Waals surface area contributed by atoms with Gasteiger partial charge in [0.15, 0.2) is 0 Å². The molecule has 1 rings (SSSR count). The van der Waals surface area contributed by atoms with E-state index in [-0.39, 0.29) is 25.1 Å². The second-order valence-corrected chi connectivity index (χ2v) is 5.51. The van der Waals surface area contributed by atoms with Crippen LogP contribution in [0.4, 0.5) is 5.69 Å². The van der Waals surface area contributed by atoms with Crippen molar-refractivity contribution in [3.8, 4) is 6.07 Å². The molecule has 0 aliphatic carbocycles. The van der Waals surface area contributed by atoms with E-state index in [4.69, 9.17) is 22.0 Å². The maximum atomic E-state index is 11.9. The fourth-order valence-corrected chi connectivity index (χ4v) is 2.15. The van der Waals surface area contributed by atoms with Gasteiger partial charge in [-0.1, -0.05) is 25.4 Å². The highest BCUT2D eigenvalue weighted by atomic mass is 35.5. The third kappa shape index (κ3) is 5.72. The Morgan fingerprint density at radius 1 is 1.48 bits per heavy atom. The van der Waals surface area contributed by atoms with Crippen molar-refractivity contribution in [1.29, 1.82) is 5.26 Å². The van der Waals surface area contributed by atoms with Crippen molar-refractivity contribution >= 4 is 23.2 Å². The number of benzene rings is 1. The lowest BCUT2D eigenvalue weighted by Gasteiger charge is -2.21. The van der Waals surface area contributed by atoms with E-state index in [2.05, 4.69) is 10.6 Å². The third-order valence-electron chi connectivity index (χ3n) is 3.14. The molecule has 1 amide bonds. The summed E-state index contributed by atoms with van der Waals surface area (Å²) >= 11 is 5.91. The number of nitrogens with one attached hydrogen (secondary N) is 2. The number of aliphatic hydroxyl groups excluding tert-OH is 1. The van der Waals surface area contributed by atoms with Crippen LogP contribution in [-0.2, 0) is 4.79 Å². The predicted molar refractivity (Wildman–Crippen MR) is 83.1 cm³/mol. The predicted octanol–water partition coefficient (Wildman–Crippen LogP) is 2.15. The van der Waals surface area contributed by atoms with Gasteiger partial charge in [-0.2, -0.15) is 5.26 Å². The molecular formula is C15H20ClN3O2. The lowest BCUT2D eigenvalue weighted by Crippen LogP contribution is -2.39. The molecule has 6 heteroatoms. The lowest BCUT2D eigenvalue weighted by molar-refractivity contribution is -0.115. The Balaban J connectivity index is 2.54. The normalized spacial score (nSPS) is 12.0. The smallest absolute Gasteiger partial charge is 0.238 e. The number of hydrogen-bond donors (Lipinski definition) is 3. The van der Waals surface area contributed by atoms with E-state index >= 15 is 0 Å². The maximum Gasteiger partial charge on any atom is 0.238 e. The van der Waals surface area contributed by atoms with Crippen LogP contribution in [0.5, 0.6) is 0 Å². The zero-order chi connectivity index (χ0) is 15.8. The molecule has 0 spiro atoms. The second kappa shape index (κ2) is 8.63. The van der Waals surface area contributed by atoms with Gasteiger partial charge < -0.3 is 15.7 Å². The molecule has 0 saturated carbocycles. The van der Waals surface area contributed by atoms with E-state index in [1.807, 2.05) is 19.9 Å².